The van der Waals surface area contributed by atoms with Gasteiger partial charge in [0.1, 0.15) is 0 Å². The molecule has 0 radical (unpaired) electrons. The molecule has 0 aliphatic rings. The van der Waals surface area contributed by atoms with Gasteiger partial charge in [-0.3, -0.25) is 4.79 Å². The molecule has 0 N–H and O–H groups in total. The fourth-order valence-corrected chi connectivity index (χ4v) is 0.612. The fourth-order valence-electron chi connectivity index (χ4n) is 0.483. The molecule has 0 aromatic heterocycles. The third-order valence-corrected chi connectivity index (χ3v) is 0.949. The number of nitrogens with zero attached hydrogens (tertiary/aromatic N) is 1. The van der Waals surface area contributed by atoms with Gasteiger partial charge in [0.05, 0.1) is 23.9 Å². The van der Waals surface area contributed by atoms with Gasteiger partial charge in [-0.15, -0.1) is 0 Å². The highest BCUT2D eigenvalue weighted by Gasteiger charge is 2.02. The largest absolute Gasteiger partial charge is 0.466 e. The normalized spacial score (nSPS) is 8.09. The first-order chi connectivity index (χ1) is 5.20. The van der Waals surface area contributed by atoms with E-state index in [0.29, 0.717) is 12.3 Å². The zero-order valence-electron chi connectivity index (χ0n) is 6.29. The molecule has 11 heavy (non-hydrogen) atoms. The fraction of sp³-hybridized carbons (Fsp3) is 0.429. The summed E-state index contributed by atoms with van der Waals surface area (Å²) in [4.78, 5) is 14.2. The summed E-state index contributed by atoms with van der Waals surface area (Å²) in [6.07, 6.45) is 0.0808. The molecule has 0 aliphatic heterocycles. The predicted octanol–water partition coefficient (Wildman–Crippen LogP) is 1.56. The minimum absolute atomic E-state index is 0.0808. The van der Waals surface area contributed by atoms with E-state index >= 15 is 0 Å². The van der Waals surface area contributed by atoms with E-state index in [2.05, 4.69) is 33.7 Å². The van der Waals surface area contributed by atoms with E-state index in [1.807, 2.05) is 0 Å². The lowest BCUT2D eigenvalue weighted by molar-refractivity contribution is -0.142. The smallest absolute Gasteiger partial charge is 0.311 e. The maximum Gasteiger partial charge on any atom is 0.311 e. The van der Waals surface area contributed by atoms with Crippen molar-refractivity contribution in [2.45, 2.75) is 13.3 Å². The Morgan fingerprint density at radius 2 is 2.45 bits per heavy atom. The zero-order valence-corrected chi connectivity index (χ0v) is 7.11. The van der Waals surface area contributed by atoms with Crippen LogP contribution in [0.3, 0.4) is 0 Å². The summed E-state index contributed by atoms with van der Waals surface area (Å²) < 4.78 is 4.64. The van der Waals surface area contributed by atoms with E-state index in [1.54, 1.807) is 6.92 Å². The molecule has 0 heterocycles. The second-order valence-electron chi connectivity index (χ2n) is 1.75. The molecule has 0 aliphatic carbocycles. The monoisotopic (exact) mass is 171 g/mol. The highest BCUT2D eigenvalue weighted by atomic mass is 32.1. The topological polar surface area (TPSA) is 38.7 Å². The number of esters is 1. The van der Waals surface area contributed by atoms with Crippen molar-refractivity contribution in [2.75, 3.05) is 6.61 Å². The molecule has 0 unspecified atom stereocenters. The summed E-state index contributed by atoms with van der Waals surface area (Å²) in [6, 6.07) is 0. The van der Waals surface area contributed by atoms with Crippen LogP contribution in [-0.2, 0) is 9.53 Å². The second-order valence-corrected chi connectivity index (χ2v) is 1.93. The Balaban J connectivity index is 3.75. The van der Waals surface area contributed by atoms with E-state index in [0.717, 1.165) is 0 Å². The first kappa shape index (κ1) is 10.0. The van der Waals surface area contributed by atoms with Crippen molar-refractivity contribution in [3.63, 3.8) is 0 Å². The predicted molar refractivity (Wildman–Crippen MR) is 45.4 cm³/mol. The van der Waals surface area contributed by atoms with Crippen LogP contribution in [0.25, 0.3) is 0 Å². The number of rotatable bonds is 4. The Kier molecular flexibility index (Phi) is 5.25. The van der Waals surface area contributed by atoms with Crippen LogP contribution in [0.1, 0.15) is 13.3 Å². The summed E-state index contributed by atoms with van der Waals surface area (Å²) >= 11 is 4.32. The molecule has 0 saturated carbocycles. The number of hydrogen-bond donors (Lipinski definition) is 0. The first-order valence-electron chi connectivity index (χ1n) is 3.12. The summed E-state index contributed by atoms with van der Waals surface area (Å²) in [5.74, 6) is -0.341. The Hall–Kier alpha value is -0.990. The van der Waals surface area contributed by atoms with Crippen molar-refractivity contribution >= 4 is 23.3 Å². The van der Waals surface area contributed by atoms with Crippen molar-refractivity contribution in [1.29, 1.82) is 0 Å². The van der Waals surface area contributed by atoms with Crippen molar-refractivity contribution in [3.8, 4) is 0 Å². The Morgan fingerprint density at radius 3 is 2.91 bits per heavy atom. The highest BCUT2D eigenvalue weighted by molar-refractivity contribution is 7.78. The summed E-state index contributed by atoms with van der Waals surface area (Å²) in [7, 11) is 0. The van der Waals surface area contributed by atoms with Crippen molar-refractivity contribution in [3.05, 3.63) is 12.3 Å². The van der Waals surface area contributed by atoms with E-state index in [1.165, 1.54) is 0 Å². The molecular formula is C7H9NO2S. The van der Waals surface area contributed by atoms with Gasteiger partial charge in [-0.1, -0.05) is 6.58 Å². The minimum Gasteiger partial charge on any atom is -0.466 e. The SMILES string of the molecule is C=C(CC(=O)OCC)N=C=S. The number of ether oxygens (including phenoxy) is 1. The quantitative estimate of drug-likeness (QED) is 0.366. The molecule has 0 aromatic rings. The first-order valence-corrected chi connectivity index (χ1v) is 3.52. The molecular weight excluding hydrogens is 162 g/mol. The van der Waals surface area contributed by atoms with Gasteiger partial charge >= 0.3 is 5.97 Å². The zero-order chi connectivity index (χ0) is 8.69. The van der Waals surface area contributed by atoms with E-state index in [4.69, 9.17) is 0 Å². The van der Waals surface area contributed by atoms with Gasteiger partial charge in [0, 0.05) is 0 Å². The number of aliphatic imine (C=N–C) groups is 1. The number of isothiocyanates is 1. The van der Waals surface area contributed by atoms with Crippen molar-refractivity contribution in [2.24, 2.45) is 4.99 Å². The van der Waals surface area contributed by atoms with Gasteiger partial charge in [0.25, 0.3) is 0 Å². The van der Waals surface area contributed by atoms with Crippen molar-refractivity contribution in [1.82, 2.24) is 0 Å². The second kappa shape index (κ2) is 5.77. The standard InChI is InChI=1S/C7H9NO2S/c1-3-10-7(9)4-6(2)8-5-11/h2-4H2,1H3. The van der Waals surface area contributed by atoms with Gasteiger partial charge in [0.2, 0.25) is 0 Å². The molecule has 0 atom stereocenters. The lowest BCUT2D eigenvalue weighted by Gasteiger charge is -1.98. The van der Waals surface area contributed by atoms with E-state index in [-0.39, 0.29) is 12.4 Å². The van der Waals surface area contributed by atoms with E-state index < -0.39 is 0 Å². The van der Waals surface area contributed by atoms with Crippen LogP contribution in [0, 0.1) is 0 Å². The summed E-state index contributed by atoms with van der Waals surface area (Å²) in [5, 5.41) is 2.12. The van der Waals surface area contributed by atoms with Crippen LogP contribution in [0.15, 0.2) is 17.3 Å². The minimum atomic E-state index is -0.341. The molecule has 0 aromatic carbocycles. The number of hydrogen-bond acceptors (Lipinski definition) is 4. The van der Waals surface area contributed by atoms with Gasteiger partial charge in [0.15, 0.2) is 0 Å². The lowest BCUT2D eigenvalue weighted by Crippen LogP contribution is -2.03. The molecule has 0 amide bonds. The van der Waals surface area contributed by atoms with Gasteiger partial charge < -0.3 is 4.74 Å². The van der Waals surface area contributed by atoms with Crippen LogP contribution < -0.4 is 0 Å². The molecule has 0 rings (SSSR count). The van der Waals surface area contributed by atoms with Gasteiger partial charge in [-0.25, -0.2) is 0 Å². The summed E-state index contributed by atoms with van der Waals surface area (Å²) in [5.41, 5.74) is 0.374. The molecule has 3 nitrogen and oxygen atoms in total. The van der Waals surface area contributed by atoms with Crippen LogP contribution in [0.4, 0.5) is 0 Å². The van der Waals surface area contributed by atoms with Crippen LogP contribution in [-0.4, -0.2) is 17.7 Å². The van der Waals surface area contributed by atoms with Crippen LogP contribution in [0.2, 0.25) is 0 Å². The average Bonchev–Trinajstić information content (AvgIpc) is 1.87. The van der Waals surface area contributed by atoms with Gasteiger partial charge in [-0.2, -0.15) is 4.99 Å². The van der Waals surface area contributed by atoms with Gasteiger partial charge in [-0.05, 0) is 19.1 Å². The van der Waals surface area contributed by atoms with Crippen molar-refractivity contribution < 1.29 is 9.53 Å². The number of carbonyl (C=O) groups excluding carboxylic acids is 1. The molecule has 60 valence electrons. The maximum atomic E-state index is 10.7. The average molecular weight is 171 g/mol. The Morgan fingerprint density at radius 1 is 1.82 bits per heavy atom. The molecule has 0 saturated heterocycles. The van der Waals surface area contributed by atoms with E-state index in [9.17, 15) is 4.79 Å². The maximum absolute atomic E-state index is 10.7. The third kappa shape index (κ3) is 5.45. The number of carbonyl (C=O) groups is 1. The number of thiocarbonyl (C=S) groups is 1. The molecule has 0 fully saturated rings. The molecule has 0 spiro atoms. The Labute approximate surface area is 70.8 Å². The van der Waals surface area contributed by atoms with Crippen LogP contribution >= 0.6 is 12.2 Å². The Bertz CT molecular complexity index is 206. The summed E-state index contributed by atoms with van der Waals surface area (Å²) in [6.45, 7) is 5.58. The molecule has 4 heteroatoms. The van der Waals surface area contributed by atoms with Crippen LogP contribution in [0.5, 0.6) is 0 Å². The molecule has 0 bridgehead atoms. The highest BCUT2D eigenvalue weighted by Crippen LogP contribution is 1.99. The lowest BCUT2D eigenvalue weighted by atomic mass is 10.3. The third-order valence-electron chi connectivity index (χ3n) is 0.857.